The van der Waals surface area contributed by atoms with Gasteiger partial charge in [-0.15, -0.1) is 0 Å². The fraction of sp³-hybridized carbons (Fsp3) is 0.231. The van der Waals surface area contributed by atoms with Gasteiger partial charge < -0.3 is 29.0 Å². The van der Waals surface area contributed by atoms with Crippen molar-refractivity contribution < 1.29 is 33.6 Å². The summed E-state index contributed by atoms with van der Waals surface area (Å²) in [7, 11) is 1.42. The highest BCUT2D eigenvalue weighted by atomic mass is 16.7. The summed E-state index contributed by atoms with van der Waals surface area (Å²) in [6.45, 7) is 2.04. The van der Waals surface area contributed by atoms with Gasteiger partial charge in [-0.2, -0.15) is 0 Å². The topological polar surface area (TPSA) is 94.5 Å². The van der Waals surface area contributed by atoms with E-state index >= 15 is 0 Å². The van der Waals surface area contributed by atoms with E-state index in [-0.39, 0.29) is 42.4 Å². The molecule has 1 N–H and O–H groups in total. The normalized spacial score (nSPS) is 12.6. The average Bonchev–Trinajstić information content (AvgIpc) is 3.33. The molecule has 0 aliphatic carbocycles. The third-order valence-corrected chi connectivity index (χ3v) is 5.63. The number of hydrogen-bond donors (Lipinski definition) is 1. The number of carbonyl (C=O) groups is 2. The molecular formula is C26H25NO7. The van der Waals surface area contributed by atoms with Gasteiger partial charge in [0.1, 0.15) is 5.56 Å². The number of benzene rings is 3. The lowest BCUT2D eigenvalue weighted by molar-refractivity contribution is -0.136. The fourth-order valence-corrected chi connectivity index (χ4v) is 3.80. The molecule has 0 saturated heterocycles. The van der Waals surface area contributed by atoms with Crippen LogP contribution in [-0.4, -0.2) is 42.4 Å². The Balaban J connectivity index is 1.59. The molecule has 3 aromatic rings. The molecule has 8 heteroatoms. The zero-order valence-electron chi connectivity index (χ0n) is 18.9. The van der Waals surface area contributed by atoms with E-state index in [0.29, 0.717) is 18.0 Å². The monoisotopic (exact) mass is 463 g/mol. The molecule has 0 saturated carbocycles. The molecule has 4 rings (SSSR count). The summed E-state index contributed by atoms with van der Waals surface area (Å²) in [5.74, 6) is 0.0759. The van der Waals surface area contributed by atoms with E-state index in [2.05, 4.69) is 0 Å². The minimum Gasteiger partial charge on any atom is -0.493 e. The molecule has 1 aliphatic heterocycles. The van der Waals surface area contributed by atoms with Crippen molar-refractivity contribution in [3.8, 4) is 23.0 Å². The van der Waals surface area contributed by atoms with Gasteiger partial charge in [0.25, 0.3) is 5.91 Å². The SMILES string of the molecule is COc1cccc(C(=O)O)c1OCC(=O)N(Cc1ccc2c(c1)OCO2)C(C)c1ccccc1. The summed E-state index contributed by atoms with van der Waals surface area (Å²) in [6, 6.07) is 19.5. The highest BCUT2D eigenvalue weighted by Gasteiger charge is 2.25. The van der Waals surface area contributed by atoms with Gasteiger partial charge in [-0.25, -0.2) is 4.79 Å². The van der Waals surface area contributed by atoms with Crippen LogP contribution >= 0.6 is 0 Å². The molecule has 1 unspecified atom stereocenters. The maximum atomic E-state index is 13.4. The molecule has 34 heavy (non-hydrogen) atoms. The number of carbonyl (C=O) groups excluding carboxylic acids is 1. The molecule has 8 nitrogen and oxygen atoms in total. The van der Waals surface area contributed by atoms with Crippen LogP contribution in [0.15, 0.2) is 66.7 Å². The van der Waals surface area contributed by atoms with E-state index in [1.807, 2.05) is 55.5 Å². The quantitative estimate of drug-likeness (QED) is 0.506. The van der Waals surface area contributed by atoms with Crippen LogP contribution in [0.1, 0.15) is 34.5 Å². The number of ether oxygens (including phenoxy) is 4. The van der Waals surface area contributed by atoms with Crippen LogP contribution in [0.25, 0.3) is 0 Å². The smallest absolute Gasteiger partial charge is 0.339 e. The summed E-state index contributed by atoms with van der Waals surface area (Å²) in [5, 5.41) is 9.52. The highest BCUT2D eigenvalue weighted by Crippen LogP contribution is 2.34. The van der Waals surface area contributed by atoms with Gasteiger partial charge >= 0.3 is 5.97 Å². The van der Waals surface area contributed by atoms with Crippen molar-refractivity contribution in [3.05, 3.63) is 83.4 Å². The van der Waals surface area contributed by atoms with Gasteiger partial charge in [0, 0.05) is 6.54 Å². The van der Waals surface area contributed by atoms with Gasteiger partial charge in [0.15, 0.2) is 29.6 Å². The van der Waals surface area contributed by atoms with E-state index in [1.165, 1.54) is 13.2 Å². The van der Waals surface area contributed by atoms with Crippen LogP contribution in [0.5, 0.6) is 23.0 Å². The Hall–Kier alpha value is -4.20. The van der Waals surface area contributed by atoms with Gasteiger partial charge in [-0.05, 0) is 42.3 Å². The van der Waals surface area contributed by atoms with Crippen LogP contribution in [0.4, 0.5) is 0 Å². The number of aromatic carboxylic acids is 1. The third kappa shape index (κ3) is 4.91. The van der Waals surface area contributed by atoms with E-state index in [4.69, 9.17) is 18.9 Å². The molecule has 1 amide bonds. The van der Waals surface area contributed by atoms with Gasteiger partial charge in [-0.1, -0.05) is 42.5 Å². The van der Waals surface area contributed by atoms with Crippen molar-refractivity contribution in [1.82, 2.24) is 4.90 Å². The standard InChI is InChI=1S/C26H25NO7/c1-17(19-7-4-3-5-8-19)27(14-18-11-12-21-23(13-18)34-16-33-21)24(28)15-32-25-20(26(29)30)9-6-10-22(25)31-2/h3-13,17H,14-16H2,1-2H3,(H,29,30). The van der Waals surface area contributed by atoms with Crippen molar-refractivity contribution in [2.24, 2.45) is 0 Å². The average molecular weight is 463 g/mol. The molecule has 0 spiro atoms. The van der Waals surface area contributed by atoms with Crippen LogP contribution in [-0.2, 0) is 11.3 Å². The Kier molecular flexibility index (Phi) is 6.87. The van der Waals surface area contributed by atoms with Crippen molar-refractivity contribution in [1.29, 1.82) is 0 Å². The molecule has 0 radical (unpaired) electrons. The van der Waals surface area contributed by atoms with Crippen molar-refractivity contribution >= 4 is 11.9 Å². The Bertz CT molecular complexity index is 1180. The number of fused-ring (bicyclic) bond motifs is 1. The zero-order chi connectivity index (χ0) is 24.1. The number of carboxylic acid groups (broad SMARTS) is 1. The van der Waals surface area contributed by atoms with Crippen LogP contribution < -0.4 is 18.9 Å². The zero-order valence-corrected chi connectivity index (χ0v) is 18.9. The van der Waals surface area contributed by atoms with Crippen molar-refractivity contribution in [2.45, 2.75) is 19.5 Å². The molecular weight excluding hydrogens is 438 g/mol. The number of para-hydroxylation sites is 1. The van der Waals surface area contributed by atoms with E-state index in [1.54, 1.807) is 17.0 Å². The Morgan fingerprint density at radius 2 is 1.79 bits per heavy atom. The first-order chi connectivity index (χ1) is 16.5. The fourth-order valence-electron chi connectivity index (χ4n) is 3.80. The maximum absolute atomic E-state index is 13.4. The van der Waals surface area contributed by atoms with E-state index in [9.17, 15) is 14.7 Å². The first-order valence-corrected chi connectivity index (χ1v) is 10.7. The minimum atomic E-state index is -1.17. The highest BCUT2D eigenvalue weighted by molar-refractivity contribution is 5.92. The predicted octanol–water partition coefficient (Wildman–Crippen LogP) is 4.29. The second-order valence-electron chi connectivity index (χ2n) is 7.73. The lowest BCUT2D eigenvalue weighted by atomic mass is 10.1. The lowest BCUT2D eigenvalue weighted by Crippen LogP contribution is -2.36. The van der Waals surface area contributed by atoms with Gasteiger partial charge in [-0.3, -0.25) is 4.79 Å². The number of carboxylic acids is 1. The summed E-state index contributed by atoms with van der Waals surface area (Å²) in [4.78, 5) is 26.7. The third-order valence-electron chi connectivity index (χ3n) is 5.63. The van der Waals surface area contributed by atoms with E-state index in [0.717, 1.165) is 11.1 Å². The molecule has 0 aromatic heterocycles. The summed E-state index contributed by atoms with van der Waals surface area (Å²) >= 11 is 0. The number of hydrogen-bond acceptors (Lipinski definition) is 6. The van der Waals surface area contributed by atoms with Crippen molar-refractivity contribution in [3.63, 3.8) is 0 Å². The molecule has 1 atom stereocenters. The molecule has 0 bridgehead atoms. The second kappa shape index (κ2) is 10.2. The van der Waals surface area contributed by atoms with Gasteiger partial charge in [0.2, 0.25) is 6.79 Å². The second-order valence-corrected chi connectivity index (χ2v) is 7.73. The Morgan fingerprint density at radius 1 is 1.03 bits per heavy atom. The molecule has 3 aromatic carbocycles. The Labute approximate surface area is 197 Å². The number of methoxy groups -OCH3 is 1. The van der Waals surface area contributed by atoms with Gasteiger partial charge in [0.05, 0.1) is 13.2 Å². The molecule has 1 heterocycles. The summed E-state index contributed by atoms with van der Waals surface area (Å²) < 4.78 is 21.8. The van der Waals surface area contributed by atoms with Crippen molar-refractivity contribution in [2.75, 3.05) is 20.5 Å². The first-order valence-electron chi connectivity index (χ1n) is 10.7. The minimum absolute atomic E-state index is 0.0150. The van der Waals surface area contributed by atoms with E-state index < -0.39 is 5.97 Å². The summed E-state index contributed by atoms with van der Waals surface area (Å²) in [5.41, 5.74) is 1.74. The predicted molar refractivity (Wildman–Crippen MR) is 123 cm³/mol. The Morgan fingerprint density at radius 3 is 2.53 bits per heavy atom. The first kappa shape index (κ1) is 23.0. The van der Waals surface area contributed by atoms with Crippen LogP contribution in [0, 0.1) is 0 Å². The van der Waals surface area contributed by atoms with Crippen LogP contribution in [0.3, 0.4) is 0 Å². The number of rotatable bonds is 9. The molecule has 0 fully saturated rings. The molecule has 1 aliphatic rings. The summed E-state index contributed by atoms with van der Waals surface area (Å²) in [6.07, 6.45) is 0. The number of nitrogens with zero attached hydrogens (tertiary/aromatic N) is 1. The van der Waals surface area contributed by atoms with Crippen LogP contribution in [0.2, 0.25) is 0 Å². The lowest BCUT2D eigenvalue weighted by Gasteiger charge is -2.30. The largest absolute Gasteiger partial charge is 0.493 e. The molecule has 176 valence electrons. The number of amides is 1. The maximum Gasteiger partial charge on any atom is 0.339 e.